The number of aryl methyl sites for hydroxylation is 1. The van der Waals surface area contributed by atoms with Gasteiger partial charge < -0.3 is 5.32 Å². The lowest BCUT2D eigenvalue weighted by molar-refractivity contribution is 0.103. The van der Waals surface area contributed by atoms with E-state index in [1.807, 2.05) is 37.4 Å². The van der Waals surface area contributed by atoms with Gasteiger partial charge in [-0.1, -0.05) is 23.7 Å². The Morgan fingerprint density at radius 1 is 1.15 bits per heavy atom. The van der Waals surface area contributed by atoms with Gasteiger partial charge in [-0.3, -0.25) is 9.48 Å². The number of benzene rings is 2. The van der Waals surface area contributed by atoms with Gasteiger partial charge in [0.25, 0.3) is 5.91 Å². The highest BCUT2D eigenvalue weighted by Gasteiger charge is 2.18. The Labute approximate surface area is 157 Å². The lowest BCUT2D eigenvalue weighted by Crippen LogP contribution is -2.10. The number of fused-ring (bicyclic) bond motifs is 1. The average molecular weight is 386 g/mol. The number of carbonyl (C=O) groups is 1. The van der Waals surface area contributed by atoms with Crippen molar-refractivity contribution in [3.05, 3.63) is 70.3 Å². The maximum absolute atomic E-state index is 13.0. The molecule has 1 N–H and O–H groups in total. The van der Waals surface area contributed by atoms with Gasteiger partial charge in [0.05, 0.1) is 4.88 Å². The lowest BCUT2D eigenvalue weighted by Gasteiger charge is -2.03. The van der Waals surface area contributed by atoms with Crippen LogP contribution in [0.2, 0.25) is 5.02 Å². The largest absolute Gasteiger partial charge is 0.321 e. The number of hydrogen-bond acceptors (Lipinski definition) is 3. The Bertz CT molecular complexity index is 1100. The van der Waals surface area contributed by atoms with Crippen molar-refractivity contribution in [1.82, 2.24) is 9.78 Å². The first-order valence-corrected chi connectivity index (χ1v) is 9.00. The van der Waals surface area contributed by atoms with Gasteiger partial charge in [0.2, 0.25) is 0 Å². The van der Waals surface area contributed by atoms with Crippen molar-refractivity contribution in [2.24, 2.45) is 7.05 Å². The van der Waals surface area contributed by atoms with E-state index < -0.39 is 0 Å². The van der Waals surface area contributed by atoms with Crippen molar-refractivity contribution in [1.29, 1.82) is 0 Å². The fourth-order valence-electron chi connectivity index (χ4n) is 2.70. The summed E-state index contributed by atoms with van der Waals surface area (Å²) in [5.41, 5.74) is 2.28. The Balaban J connectivity index is 1.69. The van der Waals surface area contributed by atoms with Crippen LogP contribution in [0.25, 0.3) is 21.5 Å². The van der Waals surface area contributed by atoms with Gasteiger partial charge in [-0.15, -0.1) is 11.3 Å². The number of halogens is 2. The molecule has 4 rings (SSSR count). The highest BCUT2D eigenvalue weighted by molar-refractivity contribution is 7.20. The molecular formula is C19H13ClFN3OS. The van der Waals surface area contributed by atoms with Crippen molar-refractivity contribution in [2.45, 2.75) is 0 Å². The van der Waals surface area contributed by atoms with Gasteiger partial charge in [0, 0.05) is 28.7 Å². The molecule has 0 saturated heterocycles. The van der Waals surface area contributed by atoms with E-state index in [0.717, 1.165) is 21.5 Å². The predicted molar refractivity (Wildman–Crippen MR) is 103 cm³/mol. The van der Waals surface area contributed by atoms with Gasteiger partial charge in [0.15, 0.2) is 0 Å². The van der Waals surface area contributed by atoms with Gasteiger partial charge >= 0.3 is 0 Å². The first-order chi connectivity index (χ1) is 12.5. The zero-order valence-corrected chi connectivity index (χ0v) is 15.2. The van der Waals surface area contributed by atoms with Gasteiger partial charge in [-0.2, -0.15) is 5.10 Å². The van der Waals surface area contributed by atoms with Crippen LogP contribution in [0.5, 0.6) is 0 Å². The number of nitrogens with zero attached hydrogens (tertiary/aromatic N) is 2. The van der Waals surface area contributed by atoms with E-state index in [1.165, 1.54) is 35.6 Å². The summed E-state index contributed by atoms with van der Waals surface area (Å²) in [6.07, 6.45) is 0. The van der Waals surface area contributed by atoms with Gasteiger partial charge in [0.1, 0.15) is 16.3 Å². The summed E-state index contributed by atoms with van der Waals surface area (Å²) in [6.45, 7) is 0. The fraction of sp³-hybridized carbons (Fsp3) is 0.0526. The molecule has 26 heavy (non-hydrogen) atoms. The van der Waals surface area contributed by atoms with E-state index in [4.69, 9.17) is 11.6 Å². The molecule has 0 fully saturated rings. The number of carbonyl (C=O) groups excluding carboxylic acids is 1. The summed E-state index contributed by atoms with van der Waals surface area (Å²) in [6, 6.07) is 14.9. The maximum Gasteiger partial charge on any atom is 0.265 e. The normalized spacial score (nSPS) is 11.0. The molecule has 0 aliphatic heterocycles. The second-order valence-corrected chi connectivity index (χ2v) is 7.24. The second kappa shape index (κ2) is 6.55. The maximum atomic E-state index is 13.0. The van der Waals surface area contributed by atoms with E-state index in [9.17, 15) is 9.18 Å². The third-order valence-corrected chi connectivity index (χ3v) is 5.41. The van der Waals surface area contributed by atoms with Gasteiger partial charge in [-0.25, -0.2) is 4.39 Å². The van der Waals surface area contributed by atoms with Crippen molar-refractivity contribution >= 4 is 44.7 Å². The number of amides is 1. The molecule has 0 aliphatic carbocycles. The number of hydrogen-bond donors (Lipinski definition) is 1. The minimum Gasteiger partial charge on any atom is -0.321 e. The molecular weight excluding hydrogens is 373 g/mol. The van der Waals surface area contributed by atoms with Crippen molar-refractivity contribution < 1.29 is 9.18 Å². The first-order valence-electron chi connectivity index (χ1n) is 7.80. The summed E-state index contributed by atoms with van der Waals surface area (Å²) < 4.78 is 14.8. The minimum atomic E-state index is -0.344. The molecule has 7 heteroatoms. The van der Waals surface area contributed by atoms with E-state index in [-0.39, 0.29) is 11.7 Å². The predicted octanol–water partition coefficient (Wildman–Crippen LogP) is 5.35. The van der Waals surface area contributed by atoms with Crippen LogP contribution in [0.1, 0.15) is 9.67 Å². The Hall–Kier alpha value is -2.70. The molecule has 1 amide bonds. The van der Waals surface area contributed by atoms with Crippen LogP contribution in [-0.2, 0) is 7.05 Å². The molecule has 2 aromatic heterocycles. The Morgan fingerprint density at radius 3 is 2.54 bits per heavy atom. The Morgan fingerprint density at radius 2 is 1.85 bits per heavy atom. The molecule has 0 unspecified atom stereocenters. The van der Waals surface area contributed by atoms with Crippen molar-refractivity contribution in [2.75, 3.05) is 5.32 Å². The molecule has 0 bridgehead atoms. The van der Waals surface area contributed by atoms with E-state index >= 15 is 0 Å². The number of rotatable bonds is 3. The Kier molecular flexibility index (Phi) is 4.22. The van der Waals surface area contributed by atoms with E-state index in [0.29, 0.717) is 15.6 Å². The van der Waals surface area contributed by atoms with Crippen LogP contribution in [0.15, 0.2) is 54.6 Å². The average Bonchev–Trinajstić information content (AvgIpc) is 3.19. The SMILES string of the molecule is Cn1nc(-c2ccc(Cl)cc2)c2cc(C(=O)Nc3ccc(F)cc3)sc21. The van der Waals surface area contributed by atoms with Crippen LogP contribution in [-0.4, -0.2) is 15.7 Å². The highest BCUT2D eigenvalue weighted by Crippen LogP contribution is 2.34. The summed E-state index contributed by atoms with van der Waals surface area (Å²) in [5.74, 6) is -0.580. The smallest absolute Gasteiger partial charge is 0.265 e. The number of thiophene rings is 1. The number of nitrogens with one attached hydrogen (secondary N) is 1. The molecule has 4 aromatic rings. The van der Waals surface area contributed by atoms with Crippen LogP contribution in [0.3, 0.4) is 0 Å². The standard InChI is InChI=1S/C19H13ClFN3OS/c1-24-19-15(17(23-24)11-2-4-12(20)5-3-11)10-16(26-19)18(25)22-14-8-6-13(21)7-9-14/h2-10H,1H3,(H,22,25). The summed E-state index contributed by atoms with van der Waals surface area (Å²) in [4.78, 5) is 14.0. The molecule has 0 saturated carbocycles. The molecule has 0 atom stereocenters. The molecule has 130 valence electrons. The van der Waals surface area contributed by atoms with E-state index in [1.54, 1.807) is 4.68 Å². The fourth-order valence-corrected chi connectivity index (χ4v) is 3.79. The third kappa shape index (κ3) is 3.09. The highest BCUT2D eigenvalue weighted by atomic mass is 35.5. The van der Waals surface area contributed by atoms with Crippen molar-refractivity contribution in [3.8, 4) is 11.3 Å². The molecule has 4 nitrogen and oxygen atoms in total. The van der Waals surface area contributed by atoms with Crippen molar-refractivity contribution in [3.63, 3.8) is 0 Å². The monoisotopic (exact) mass is 385 g/mol. The topological polar surface area (TPSA) is 46.9 Å². The van der Waals surface area contributed by atoms with E-state index in [2.05, 4.69) is 10.4 Å². The zero-order chi connectivity index (χ0) is 18.3. The molecule has 2 heterocycles. The lowest BCUT2D eigenvalue weighted by atomic mass is 10.1. The molecule has 0 aliphatic rings. The van der Waals surface area contributed by atoms with Crippen LogP contribution in [0, 0.1) is 5.82 Å². The summed E-state index contributed by atoms with van der Waals surface area (Å²) in [5, 5.41) is 8.90. The summed E-state index contributed by atoms with van der Waals surface area (Å²) in [7, 11) is 1.85. The second-order valence-electron chi connectivity index (χ2n) is 5.77. The molecule has 0 spiro atoms. The van der Waals surface area contributed by atoms with Crippen LogP contribution < -0.4 is 5.32 Å². The minimum absolute atomic E-state index is 0.236. The first kappa shape index (κ1) is 16.8. The molecule has 0 radical (unpaired) electrons. The number of anilines is 1. The zero-order valence-electron chi connectivity index (χ0n) is 13.7. The summed E-state index contributed by atoms with van der Waals surface area (Å²) >= 11 is 7.32. The quantitative estimate of drug-likeness (QED) is 0.517. The van der Waals surface area contributed by atoms with Gasteiger partial charge in [-0.05, 0) is 42.5 Å². The third-order valence-electron chi connectivity index (χ3n) is 3.96. The van der Waals surface area contributed by atoms with Crippen LogP contribution >= 0.6 is 22.9 Å². The number of aromatic nitrogens is 2. The molecule has 2 aromatic carbocycles. The van der Waals surface area contributed by atoms with Crippen LogP contribution in [0.4, 0.5) is 10.1 Å².